The van der Waals surface area contributed by atoms with Crippen LogP contribution in [0, 0.1) is 5.92 Å². The van der Waals surface area contributed by atoms with E-state index in [0.717, 1.165) is 38.9 Å². The largest absolute Gasteiger partial charge is 0.392 e. The van der Waals surface area contributed by atoms with Gasteiger partial charge in [0.2, 0.25) is 5.91 Å². The van der Waals surface area contributed by atoms with Crippen LogP contribution in [0.2, 0.25) is 0 Å². The van der Waals surface area contributed by atoms with E-state index >= 15 is 0 Å². The Balaban J connectivity index is 1.63. The molecule has 92 valence electrons. The van der Waals surface area contributed by atoms with E-state index in [4.69, 9.17) is 0 Å². The zero-order valence-corrected chi connectivity index (χ0v) is 9.98. The van der Waals surface area contributed by atoms with Crippen LogP contribution in [0.4, 0.5) is 0 Å². The van der Waals surface area contributed by atoms with Gasteiger partial charge in [-0.15, -0.1) is 0 Å². The quantitative estimate of drug-likeness (QED) is 0.727. The van der Waals surface area contributed by atoms with E-state index in [1.165, 1.54) is 0 Å². The molecule has 0 aromatic heterocycles. The molecule has 16 heavy (non-hydrogen) atoms. The van der Waals surface area contributed by atoms with Crippen molar-refractivity contribution in [3.05, 3.63) is 0 Å². The summed E-state index contributed by atoms with van der Waals surface area (Å²) in [5.41, 5.74) is 0. The number of nitrogens with one attached hydrogen (secondary N) is 1. The lowest BCUT2D eigenvalue weighted by Gasteiger charge is -2.34. The smallest absolute Gasteiger partial charge is 0.221 e. The van der Waals surface area contributed by atoms with Gasteiger partial charge < -0.3 is 15.3 Å². The predicted octanol–water partition coefficient (Wildman–Crippen LogP) is 0.358. The summed E-state index contributed by atoms with van der Waals surface area (Å²) < 4.78 is 0. The Bertz CT molecular complexity index is 253. The average Bonchev–Trinajstić information content (AvgIpc) is 3.04. The molecule has 1 heterocycles. The summed E-state index contributed by atoms with van der Waals surface area (Å²) in [7, 11) is 0. The summed E-state index contributed by atoms with van der Waals surface area (Å²) in [6, 6.07) is 0.458. The number of nitrogens with zero attached hydrogens (tertiary/aromatic N) is 1. The molecular formula is C12H22N2O2. The van der Waals surface area contributed by atoms with Crippen LogP contribution in [-0.2, 0) is 4.79 Å². The van der Waals surface area contributed by atoms with Crippen LogP contribution in [-0.4, -0.2) is 47.7 Å². The Morgan fingerprint density at radius 3 is 2.81 bits per heavy atom. The van der Waals surface area contributed by atoms with Crippen molar-refractivity contribution in [2.75, 3.05) is 19.6 Å². The first-order valence-electron chi connectivity index (χ1n) is 6.35. The standard InChI is InChI=1S/C12H22N2O2/c1-9-4-6-14(8-11(9)15)7-5-12(16)13-10-2-3-10/h9-11,15H,2-8H2,1H3,(H,13,16). The molecule has 1 aliphatic carbocycles. The molecule has 0 bridgehead atoms. The van der Waals surface area contributed by atoms with E-state index in [1.807, 2.05) is 0 Å². The van der Waals surface area contributed by atoms with Gasteiger partial charge in [-0.25, -0.2) is 0 Å². The number of piperidine rings is 1. The number of aliphatic hydroxyl groups excluding tert-OH is 1. The van der Waals surface area contributed by atoms with Gasteiger partial charge in [-0.05, 0) is 31.7 Å². The van der Waals surface area contributed by atoms with Gasteiger partial charge in [0.15, 0.2) is 0 Å². The van der Waals surface area contributed by atoms with Crippen LogP contribution < -0.4 is 5.32 Å². The summed E-state index contributed by atoms with van der Waals surface area (Å²) in [5, 5.41) is 12.7. The van der Waals surface area contributed by atoms with Crippen LogP contribution in [0.5, 0.6) is 0 Å². The topological polar surface area (TPSA) is 52.6 Å². The zero-order valence-electron chi connectivity index (χ0n) is 9.98. The number of hydrogen-bond acceptors (Lipinski definition) is 3. The molecule has 0 spiro atoms. The Morgan fingerprint density at radius 2 is 2.19 bits per heavy atom. The normalized spacial score (nSPS) is 31.4. The molecule has 2 fully saturated rings. The van der Waals surface area contributed by atoms with Gasteiger partial charge in [-0.1, -0.05) is 6.92 Å². The van der Waals surface area contributed by atoms with Crippen LogP contribution in [0.15, 0.2) is 0 Å². The highest BCUT2D eigenvalue weighted by molar-refractivity contribution is 5.76. The van der Waals surface area contributed by atoms with Gasteiger partial charge >= 0.3 is 0 Å². The Kier molecular flexibility index (Phi) is 3.82. The minimum Gasteiger partial charge on any atom is -0.392 e. The van der Waals surface area contributed by atoms with E-state index in [9.17, 15) is 9.90 Å². The molecule has 1 amide bonds. The molecule has 4 nitrogen and oxygen atoms in total. The summed E-state index contributed by atoms with van der Waals surface area (Å²) in [4.78, 5) is 13.7. The molecule has 0 aromatic carbocycles. The third-order valence-corrected chi connectivity index (χ3v) is 3.60. The van der Waals surface area contributed by atoms with Crippen LogP contribution in [0.1, 0.15) is 32.6 Å². The molecule has 1 saturated carbocycles. The van der Waals surface area contributed by atoms with E-state index in [1.54, 1.807) is 0 Å². The highest BCUT2D eigenvalue weighted by atomic mass is 16.3. The highest BCUT2D eigenvalue weighted by Crippen LogP contribution is 2.19. The summed E-state index contributed by atoms with van der Waals surface area (Å²) in [5.74, 6) is 0.562. The first kappa shape index (κ1) is 11.9. The highest BCUT2D eigenvalue weighted by Gasteiger charge is 2.26. The fourth-order valence-electron chi connectivity index (χ4n) is 2.10. The molecule has 2 N–H and O–H groups in total. The van der Waals surface area contributed by atoms with Crippen molar-refractivity contribution in [3.63, 3.8) is 0 Å². The van der Waals surface area contributed by atoms with Gasteiger partial charge in [0, 0.05) is 25.6 Å². The van der Waals surface area contributed by atoms with Crippen LogP contribution >= 0.6 is 0 Å². The Labute approximate surface area is 97.0 Å². The molecule has 1 aliphatic heterocycles. The molecule has 0 aromatic rings. The van der Waals surface area contributed by atoms with Gasteiger partial charge in [0.25, 0.3) is 0 Å². The summed E-state index contributed by atoms with van der Waals surface area (Å²) in [6.45, 7) is 4.59. The second-order valence-electron chi connectivity index (χ2n) is 5.23. The van der Waals surface area contributed by atoms with Crippen molar-refractivity contribution in [2.24, 2.45) is 5.92 Å². The summed E-state index contributed by atoms with van der Waals surface area (Å²) >= 11 is 0. The van der Waals surface area contributed by atoms with Crippen LogP contribution in [0.25, 0.3) is 0 Å². The van der Waals surface area contributed by atoms with Gasteiger partial charge in [-0.2, -0.15) is 0 Å². The first-order chi connectivity index (χ1) is 7.65. The lowest BCUT2D eigenvalue weighted by molar-refractivity contribution is -0.121. The number of hydrogen-bond donors (Lipinski definition) is 2. The maximum atomic E-state index is 11.5. The fourth-order valence-corrected chi connectivity index (χ4v) is 2.10. The number of carbonyl (C=O) groups excluding carboxylic acids is 1. The zero-order chi connectivity index (χ0) is 11.5. The minimum atomic E-state index is -0.222. The SMILES string of the molecule is CC1CCN(CCC(=O)NC2CC2)CC1O. The number of aliphatic hydroxyl groups is 1. The molecule has 4 heteroatoms. The van der Waals surface area contributed by atoms with E-state index < -0.39 is 0 Å². The lowest BCUT2D eigenvalue weighted by atomic mass is 9.96. The monoisotopic (exact) mass is 226 g/mol. The van der Waals surface area contributed by atoms with Gasteiger partial charge in [-0.3, -0.25) is 4.79 Å². The molecule has 2 rings (SSSR count). The van der Waals surface area contributed by atoms with Crippen molar-refractivity contribution in [2.45, 2.75) is 44.8 Å². The second-order valence-corrected chi connectivity index (χ2v) is 5.23. The van der Waals surface area contributed by atoms with Crippen LogP contribution in [0.3, 0.4) is 0 Å². The van der Waals surface area contributed by atoms with E-state index in [0.29, 0.717) is 18.4 Å². The molecule has 2 unspecified atom stereocenters. The van der Waals surface area contributed by atoms with Gasteiger partial charge in [0.05, 0.1) is 6.10 Å². The van der Waals surface area contributed by atoms with Crippen molar-refractivity contribution < 1.29 is 9.90 Å². The van der Waals surface area contributed by atoms with Crippen molar-refractivity contribution in [1.82, 2.24) is 10.2 Å². The summed E-state index contributed by atoms with van der Waals surface area (Å²) in [6.07, 6.45) is 3.67. The van der Waals surface area contributed by atoms with Crippen molar-refractivity contribution >= 4 is 5.91 Å². The minimum absolute atomic E-state index is 0.163. The van der Waals surface area contributed by atoms with Crippen molar-refractivity contribution in [3.8, 4) is 0 Å². The number of likely N-dealkylation sites (tertiary alicyclic amines) is 1. The molecule has 1 saturated heterocycles. The molecule has 2 aliphatic rings. The number of β-amino-alcohol motifs (C(OH)–C–C–N with tert-alkyl or cyclic N) is 1. The average molecular weight is 226 g/mol. The molecular weight excluding hydrogens is 204 g/mol. The lowest BCUT2D eigenvalue weighted by Crippen LogP contribution is -2.44. The first-order valence-corrected chi connectivity index (χ1v) is 6.35. The maximum Gasteiger partial charge on any atom is 0.221 e. The third kappa shape index (κ3) is 3.46. The fraction of sp³-hybridized carbons (Fsp3) is 0.917. The number of amides is 1. The molecule has 2 atom stereocenters. The third-order valence-electron chi connectivity index (χ3n) is 3.60. The Hall–Kier alpha value is -0.610. The second kappa shape index (κ2) is 5.15. The number of rotatable bonds is 4. The number of carbonyl (C=O) groups is 1. The van der Waals surface area contributed by atoms with E-state index in [-0.39, 0.29) is 12.0 Å². The Morgan fingerprint density at radius 1 is 1.44 bits per heavy atom. The van der Waals surface area contributed by atoms with Crippen molar-refractivity contribution in [1.29, 1.82) is 0 Å². The van der Waals surface area contributed by atoms with Gasteiger partial charge in [0.1, 0.15) is 0 Å². The van der Waals surface area contributed by atoms with E-state index in [2.05, 4.69) is 17.1 Å². The predicted molar refractivity (Wildman–Crippen MR) is 62.0 cm³/mol. The maximum absolute atomic E-state index is 11.5. The molecule has 0 radical (unpaired) electrons.